The first kappa shape index (κ1) is 17.5. The van der Waals surface area contributed by atoms with Crippen LogP contribution in [-0.2, 0) is 11.2 Å². The van der Waals surface area contributed by atoms with Gasteiger partial charge in [0.15, 0.2) is 0 Å². The summed E-state index contributed by atoms with van der Waals surface area (Å²) in [5.41, 5.74) is 6.60. The van der Waals surface area contributed by atoms with Crippen LogP contribution in [0.1, 0.15) is 39.2 Å². The molecule has 21 heavy (non-hydrogen) atoms. The molecule has 4 heteroatoms. The first-order valence-electron chi connectivity index (χ1n) is 7.52. The molecule has 118 valence electrons. The fourth-order valence-electron chi connectivity index (χ4n) is 2.57. The molecule has 1 rings (SSSR count). The number of carbonyl (C=O) groups excluding carboxylic acids is 1. The number of nitrogens with two attached hydrogens (primary N) is 1. The molecule has 4 nitrogen and oxygen atoms in total. The van der Waals surface area contributed by atoms with Crippen LogP contribution in [0.15, 0.2) is 24.3 Å². The highest BCUT2D eigenvalue weighted by Gasteiger charge is 2.25. The minimum Gasteiger partial charge on any atom is -0.497 e. The summed E-state index contributed by atoms with van der Waals surface area (Å²) in [6, 6.07) is 7.81. The Bertz CT molecular complexity index is 460. The van der Waals surface area contributed by atoms with E-state index in [9.17, 15) is 4.79 Å². The molecular formula is C17H28N2O2. The van der Waals surface area contributed by atoms with Crippen molar-refractivity contribution in [3.63, 3.8) is 0 Å². The van der Waals surface area contributed by atoms with Gasteiger partial charge in [-0.25, -0.2) is 0 Å². The van der Waals surface area contributed by atoms with Crippen LogP contribution >= 0.6 is 0 Å². The van der Waals surface area contributed by atoms with E-state index in [-0.39, 0.29) is 11.4 Å². The van der Waals surface area contributed by atoms with Crippen molar-refractivity contribution >= 4 is 5.91 Å². The summed E-state index contributed by atoms with van der Waals surface area (Å²) < 4.78 is 5.19. The normalized spacial score (nSPS) is 13.8. The van der Waals surface area contributed by atoms with Gasteiger partial charge in [-0.3, -0.25) is 4.79 Å². The standard InChI is InChI=1S/C17H28N2O2/c1-13(2)11-17(3,12-18)19-16(20)9-8-14-6-5-7-15(10-14)21-4/h5-7,10,13H,8-9,11-12,18H2,1-4H3,(H,19,20). The van der Waals surface area contributed by atoms with Crippen LogP contribution < -0.4 is 15.8 Å². The van der Waals surface area contributed by atoms with Gasteiger partial charge in [-0.2, -0.15) is 0 Å². The third-order valence-electron chi connectivity index (χ3n) is 3.53. The molecule has 0 aliphatic carbocycles. The van der Waals surface area contributed by atoms with Crippen molar-refractivity contribution in [1.82, 2.24) is 5.32 Å². The Morgan fingerprint density at radius 2 is 2.14 bits per heavy atom. The Hall–Kier alpha value is -1.55. The first-order chi connectivity index (χ1) is 9.88. The number of hydrogen-bond acceptors (Lipinski definition) is 3. The van der Waals surface area contributed by atoms with Gasteiger partial charge in [0.2, 0.25) is 5.91 Å². The number of aryl methyl sites for hydroxylation is 1. The molecule has 0 bridgehead atoms. The van der Waals surface area contributed by atoms with Crippen LogP contribution in [0.25, 0.3) is 0 Å². The van der Waals surface area contributed by atoms with Crippen LogP contribution in [0, 0.1) is 5.92 Å². The summed E-state index contributed by atoms with van der Waals surface area (Å²) in [6.07, 6.45) is 2.04. The molecule has 0 aliphatic rings. The summed E-state index contributed by atoms with van der Waals surface area (Å²) in [7, 11) is 1.64. The zero-order chi connectivity index (χ0) is 15.9. The maximum Gasteiger partial charge on any atom is 0.220 e. The third-order valence-corrected chi connectivity index (χ3v) is 3.53. The van der Waals surface area contributed by atoms with Crippen LogP contribution in [0.5, 0.6) is 5.75 Å². The fourth-order valence-corrected chi connectivity index (χ4v) is 2.57. The van der Waals surface area contributed by atoms with Crippen molar-refractivity contribution in [3.05, 3.63) is 29.8 Å². The van der Waals surface area contributed by atoms with Crippen LogP contribution in [0.2, 0.25) is 0 Å². The number of nitrogens with one attached hydrogen (secondary N) is 1. The summed E-state index contributed by atoms with van der Waals surface area (Å²) in [6.45, 7) is 6.74. The monoisotopic (exact) mass is 292 g/mol. The number of rotatable bonds is 8. The molecule has 1 amide bonds. The lowest BCUT2D eigenvalue weighted by Crippen LogP contribution is -2.52. The topological polar surface area (TPSA) is 64.3 Å². The van der Waals surface area contributed by atoms with Crippen molar-refractivity contribution in [2.24, 2.45) is 11.7 Å². The summed E-state index contributed by atoms with van der Waals surface area (Å²) in [5, 5.41) is 3.08. The van der Waals surface area contributed by atoms with Gasteiger partial charge in [-0.15, -0.1) is 0 Å². The average molecular weight is 292 g/mol. The molecule has 1 atom stereocenters. The maximum absolute atomic E-state index is 12.1. The third kappa shape index (κ3) is 6.17. The largest absolute Gasteiger partial charge is 0.497 e. The van der Waals surface area contributed by atoms with Gasteiger partial charge in [0, 0.05) is 18.5 Å². The van der Waals surface area contributed by atoms with E-state index in [0.717, 1.165) is 17.7 Å². The molecule has 1 aromatic carbocycles. The molecule has 1 aromatic rings. The first-order valence-corrected chi connectivity index (χ1v) is 7.52. The highest BCUT2D eigenvalue weighted by molar-refractivity contribution is 5.77. The molecule has 0 saturated carbocycles. The Kier molecular flexibility index (Phi) is 6.69. The molecule has 0 saturated heterocycles. The van der Waals surface area contributed by atoms with Crippen molar-refractivity contribution in [1.29, 1.82) is 0 Å². The van der Waals surface area contributed by atoms with Gasteiger partial charge < -0.3 is 15.8 Å². The number of benzene rings is 1. The molecule has 0 radical (unpaired) electrons. The number of hydrogen-bond donors (Lipinski definition) is 2. The zero-order valence-electron chi connectivity index (χ0n) is 13.6. The Labute approximate surface area is 128 Å². The molecule has 0 aliphatic heterocycles. The van der Waals surface area contributed by atoms with Gasteiger partial charge in [0.05, 0.1) is 7.11 Å². The second-order valence-electron chi connectivity index (χ2n) is 6.26. The quantitative estimate of drug-likeness (QED) is 0.774. The van der Waals surface area contributed by atoms with Crippen molar-refractivity contribution in [2.45, 2.75) is 45.6 Å². The van der Waals surface area contributed by atoms with Crippen LogP contribution in [-0.4, -0.2) is 25.1 Å². The zero-order valence-corrected chi connectivity index (χ0v) is 13.6. The Balaban J connectivity index is 2.52. The van der Waals surface area contributed by atoms with Crippen molar-refractivity contribution < 1.29 is 9.53 Å². The number of amides is 1. The van der Waals surface area contributed by atoms with Gasteiger partial charge in [-0.1, -0.05) is 26.0 Å². The van der Waals surface area contributed by atoms with E-state index in [0.29, 0.717) is 25.3 Å². The average Bonchev–Trinajstić information content (AvgIpc) is 2.44. The molecule has 0 fully saturated rings. The second-order valence-corrected chi connectivity index (χ2v) is 6.26. The predicted molar refractivity (Wildman–Crippen MR) is 86.4 cm³/mol. The lowest BCUT2D eigenvalue weighted by atomic mass is 9.90. The van der Waals surface area contributed by atoms with Crippen molar-refractivity contribution in [2.75, 3.05) is 13.7 Å². The lowest BCUT2D eigenvalue weighted by Gasteiger charge is -2.31. The van der Waals surface area contributed by atoms with E-state index in [1.54, 1.807) is 7.11 Å². The maximum atomic E-state index is 12.1. The minimum absolute atomic E-state index is 0.0476. The second kappa shape index (κ2) is 8.03. The van der Waals surface area contributed by atoms with E-state index in [1.807, 2.05) is 31.2 Å². The van der Waals surface area contributed by atoms with Crippen molar-refractivity contribution in [3.8, 4) is 5.75 Å². The molecule has 3 N–H and O–H groups in total. The molecule has 1 unspecified atom stereocenters. The van der Waals surface area contributed by atoms with Gasteiger partial charge in [-0.05, 0) is 43.4 Å². The molecular weight excluding hydrogens is 264 g/mol. The van der Waals surface area contributed by atoms with Gasteiger partial charge in [0.25, 0.3) is 0 Å². The summed E-state index contributed by atoms with van der Waals surface area (Å²) in [4.78, 5) is 12.1. The fraction of sp³-hybridized carbons (Fsp3) is 0.588. The Morgan fingerprint density at radius 3 is 2.71 bits per heavy atom. The van der Waals surface area contributed by atoms with E-state index in [1.165, 1.54) is 0 Å². The highest BCUT2D eigenvalue weighted by atomic mass is 16.5. The van der Waals surface area contributed by atoms with E-state index in [4.69, 9.17) is 10.5 Å². The number of ether oxygens (including phenoxy) is 1. The number of carbonyl (C=O) groups is 1. The van der Waals surface area contributed by atoms with E-state index < -0.39 is 0 Å². The highest BCUT2D eigenvalue weighted by Crippen LogP contribution is 2.17. The molecule has 0 spiro atoms. The molecule has 0 heterocycles. The lowest BCUT2D eigenvalue weighted by molar-refractivity contribution is -0.122. The SMILES string of the molecule is COc1cccc(CCC(=O)NC(C)(CN)CC(C)C)c1. The molecule has 0 aromatic heterocycles. The van der Waals surface area contributed by atoms with Crippen LogP contribution in [0.3, 0.4) is 0 Å². The van der Waals surface area contributed by atoms with E-state index >= 15 is 0 Å². The smallest absolute Gasteiger partial charge is 0.220 e. The van der Waals surface area contributed by atoms with Gasteiger partial charge in [0.1, 0.15) is 5.75 Å². The van der Waals surface area contributed by atoms with Gasteiger partial charge >= 0.3 is 0 Å². The number of methoxy groups -OCH3 is 1. The minimum atomic E-state index is -0.320. The Morgan fingerprint density at radius 1 is 1.43 bits per heavy atom. The summed E-state index contributed by atoms with van der Waals surface area (Å²) in [5.74, 6) is 1.36. The summed E-state index contributed by atoms with van der Waals surface area (Å²) >= 11 is 0. The van der Waals surface area contributed by atoms with Crippen LogP contribution in [0.4, 0.5) is 0 Å². The predicted octanol–water partition coefficient (Wildman–Crippen LogP) is 2.51. The van der Waals surface area contributed by atoms with E-state index in [2.05, 4.69) is 19.2 Å².